The molecule has 0 saturated carbocycles. The number of nitrogens with zero attached hydrogens (tertiary/aromatic N) is 1. The predicted molar refractivity (Wildman–Crippen MR) is 66.5 cm³/mol. The number of carbonyl (C=O) groups excluding carboxylic acids is 2. The van der Waals surface area contributed by atoms with Crippen LogP contribution in [0.15, 0.2) is 0 Å². The third kappa shape index (κ3) is 4.34. The molecule has 18 heavy (non-hydrogen) atoms. The standard InChI is InChI=1S/C11H19ClN2O4/c1-10(2,3)18-9(16)14-6-11(17,7-14)5-13-8(15)4-12/h17H,4-7H2,1-3H3,(H,13,15). The summed E-state index contributed by atoms with van der Waals surface area (Å²) in [5.74, 6) is -0.493. The van der Waals surface area contributed by atoms with E-state index in [4.69, 9.17) is 16.3 Å². The van der Waals surface area contributed by atoms with Crippen LogP contribution in [0, 0.1) is 0 Å². The van der Waals surface area contributed by atoms with Gasteiger partial charge in [0.1, 0.15) is 17.1 Å². The number of halogens is 1. The number of amides is 2. The third-order valence-corrected chi connectivity index (χ3v) is 2.60. The number of nitrogens with one attached hydrogen (secondary N) is 1. The van der Waals surface area contributed by atoms with Crippen LogP contribution >= 0.6 is 11.6 Å². The van der Waals surface area contributed by atoms with Gasteiger partial charge in [0.25, 0.3) is 0 Å². The van der Waals surface area contributed by atoms with Crippen molar-refractivity contribution in [2.75, 3.05) is 25.5 Å². The molecule has 1 heterocycles. The van der Waals surface area contributed by atoms with Crippen molar-refractivity contribution >= 4 is 23.6 Å². The Morgan fingerprint density at radius 1 is 1.44 bits per heavy atom. The molecular formula is C11H19ClN2O4. The van der Waals surface area contributed by atoms with Gasteiger partial charge in [0.2, 0.25) is 5.91 Å². The third-order valence-electron chi connectivity index (χ3n) is 2.36. The molecule has 0 aliphatic carbocycles. The lowest BCUT2D eigenvalue weighted by Gasteiger charge is -2.46. The number of likely N-dealkylation sites (tertiary alicyclic amines) is 1. The monoisotopic (exact) mass is 278 g/mol. The normalized spacial score (nSPS) is 17.9. The molecule has 0 aromatic carbocycles. The molecule has 104 valence electrons. The molecular weight excluding hydrogens is 260 g/mol. The van der Waals surface area contributed by atoms with E-state index in [0.717, 1.165) is 0 Å². The Hall–Kier alpha value is -1.01. The lowest BCUT2D eigenvalue weighted by atomic mass is 9.95. The Labute approximate surface area is 111 Å². The molecule has 0 unspecified atom stereocenters. The van der Waals surface area contributed by atoms with Gasteiger partial charge < -0.3 is 20.1 Å². The van der Waals surface area contributed by atoms with Crippen molar-refractivity contribution in [1.82, 2.24) is 10.2 Å². The summed E-state index contributed by atoms with van der Waals surface area (Å²) in [7, 11) is 0. The van der Waals surface area contributed by atoms with Crippen molar-refractivity contribution < 1.29 is 19.4 Å². The molecule has 1 fully saturated rings. The van der Waals surface area contributed by atoms with Crippen molar-refractivity contribution in [3.8, 4) is 0 Å². The molecule has 2 amide bonds. The topological polar surface area (TPSA) is 78.9 Å². The van der Waals surface area contributed by atoms with Gasteiger partial charge in [0.05, 0.1) is 13.1 Å². The fraction of sp³-hybridized carbons (Fsp3) is 0.818. The number of β-amino-alcohol motifs (C(OH)–C–C–N with tert-alkyl or cyclic N) is 1. The van der Waals surface area contributed by atoms with Crippen LogP contribution in [0.2, 0.25) is 0 Å². The zero-order valence-electron chi connectivity index (χ0n) is 10.8. The highest BCUT2D eigenvalue weighted by Gasteiger charge is 2.45. The van der Waals surface area contributed by atoms with Crippen LogP contribution in [0.25, 0.3) is 0 Å². The van der Waals surface area contributed by atoms with Gasteiger partial charge in [-0.3, -0.25) is 4.79 Å². The van der Waals surface area contributed by atoms with Crippen LogP contribution in [0.3, 0.4) is 0 Å². The lowest BCUT2D eigenvalue weighted by molar-refractivity contribution is -0.124. The van der Waals surface area contributed by atoms with Gasteiger partial charge in [-0.25, -0.2) is 4.79 Å². The van der Waals surface area contributed by atoms with Gasteiger partial charge in [0.15, 0.2) is 0 Å². The zero-order chi connectivity index (χ0) is 14.0. The SMILES string of the molecule is CC(C)(C)OC(=O)N1CC(O)(CNC(=O)CCl)C1. The molecule has 0 spiro atoms. The van der Waals surface area contributed by atoms with Crippen LogP contribution in [0.5, 0.6) is 0 Å². The maximum Gasteiger partial charge on any atom is 0.410 e. The number of aliphatic hydroxyl groups is 1. The van der Waals surface area contributed by atoms with E-state index in [-0.39, 0.29) is 31.4 Å². The summed E-state index contributed by atoms with van der Waals surface area (Å²) in [5.41, 5.74) is -1.64. The summed E-state index contributed by atoms with van der Waals surface area (Å²) in [6.45, 7) is 5.69. The maximum absolute atomic E-state index is 11.6. The zero-order valence-corrected chi connectivity index (χ0v) is 11.6. The Bertz CT molecular complexity index is 334. The Balaban J connectivity index is 2.33. The van der Waals surface area contributed by atoms with Gasteiger partial charge in [-0.2, -0.15) is 0 Å². The van der Waals surface area contributed by atoms with Gasteiger partial charge in [-0.15, -0.1) is 11.6 Å². The molecule has 0 bridgehead atoms. The molecule has 7 heteroatoms. The second kappa shape index (κ2) is 5.32. The van der Waals surface area contributed by atoms with Crippen LogP contribution in [-0.4, -0.2) is 58.7 Å². The largest absolute Gasteiger partial charge is 0.444 e. The summed E-state index contributed by atoms with van der Waals surface area (Å²) in [5, 5.41) is 12.4. The van der Waals surface area contributed by atoms with Crippen LogP contribution in [-0.2, 0) is 9.53 Å². The van der Waals surface area contributed by atoms with Gasteiger partial charge in [-0.1, -0.05) is 0 Å². The molecule has 0 atom stereocenters. The average molecular weight is 279 g/mol. The van der Waals surface area contributed by atoms with E-state index >= 15 is 0 Å². The van der Waals surface area contributed by atoms with E-state index in [9.17, 15) is 14.7 Å². The smallest absolute Gasteiger partial charge is 0.410 e. The highest BCUT2D eigenvalue weighted by molar-refractivity contribution is 6.27. The predicted octanol–water partition coefficient (Wildman–Crippen LogP) is 0.323. The molecule has 0 aromatic heterocycles. The minimum atomic E-state index is -1.08. The van der Waals surface area contributed by atoms with E-state index in [2.05, 4.69) is 5.32 Å². The first kappa shape index (κ1) is 15.0. The van der Waals surface area contributed by atoms with Gasteiger partial charge in [0, 0.05) is 6.54 Å². The lowest BCUT2D eigenvalue weighted by Crippen LogP contribution is -2.68. The minimum absolute atomic E-state index is 0.0812. The van der Waals surface area contributed by atoms with Crippen LogP contribution < -0.4 is 5.32 Å². The molecule has 1 rings (SSSR count). The van der Waals surface area contributed by atoms with Crippen molar-refractivity contribution in [3.63, 3.8) is 0 Å². The highest BCUT2D eigenvalue weighted by atomic mass is 35.5. The summed E-state index contributed by atoms with van der Waals surface area (Å²) in [6, 6.07) is 0. The first-order valence-electron chi connectivity index (χ1n) is 5.68. The van der Waals surface area contributed by atoms with Crippen molar-refractivity contribution in [2.45, 2.75) is 32.0 Å². The number of hydrogen-bond donors (Lipinski definition) is 2. The highest BCUT2D eigenvalue weighted by Crippen LogP contribution is 2.22. The second-order valence-electron chi connectivity index (χ2n) is 5.47. The second-order valence-corrected chi connectivity index (χ2v) is 5.74. The molecule has 2 N–H and O–H groups in total. The number of ether oxygens (including phenoxy) is 1. The van der Waals surface area contributed by atoms with Gasteiger partial charge >= 0.3 is 6.09 Å². The first-order valence-corrected chi connectivity index (χ1v) is 6.22. The summed E-state index contributed by atoms with van der Waals surface area (Å²) >= 11 is 5.32. The molecule has 0 aromatic rings. The Morgan fingerprint density at radius 2 is 2.00 bits per heavy atom. The summed E-state index contributed by atoms with van der Waals surface area (Å²) < 4.78 is 5.15. The van der Waals surface area contributed by atoms with E-state index < -0.39 is 17.3 Å². The average Bonchev–Trinajstić information content (AvgIpc) is 2.19. The summed E-state index contributed by atoms with van der Waals surface area (Å²) in [4.78, 5) is 23.9. The first-order chi connectivity index (χ1) is 8.15. The van der Waals surface area contributed by atoms with E-state index in [0.29, 0.717) is 0 Å². The number of hydrogen-bond acceptors (Lipinski definition) is 4. The van der Waals surface area contributed by atoms with Crippen molar-refractivity contribution in [2.24, 2.45) is 0 Å². The van der Waals surface area contributed by atoms with Gasteiger partial charge in [-0.05, 0) is 20.8 Å². The minimum Gasteiger partial charge on any atom is -0.444 e. The number of carbonyl (C=O) groups is 2. The fourth-order valence-electron chi connectivity index (χ4n) is 1.54. The molecule has 6 nitrogen and oxygen atoms in total. The molecule has 0 radical (unpaired) electrons. The van der Waals surface area contributed by atoms with Crippen LogP contribution in [0.1, 0.15) is 20.8 Å². The Morgan fingerprint density at radius 3 is 2.44 bits per heavy atom. The number of alkyl halides is 1. The van der Waals surface area contributed by atoms with Crippen LogP contribution in [0.4, 0.5) is 4.79 Å². The molecule has 1 aliphatic rings. The maximum atomic E-state index is 11.6. The molecule has 1 saturated heterocycles. The molecule has 1 aliphatic heterocycles. The van der Waals surface area contributed by atoms with Crippen molar-refractivity contribution in [3.05, 3.63) is 0 Å². The van der Waals surface area contributed by atoms with E-state index in [1.54, 1.807) is 20.8 Å². The van der Waals surface area contributed by atoms with E-state index in [1.807, 2.05) is 0 Å². The Kier molecular flexibility index (Phi) is 4.45. The fourth-order valence-corrected chi connectivity index (χ4v) is 1.64. The quantitative estimate of drug-likeness (QED) is 0.729. The van der Waals surface area contributed by atoms with E-state index in [1.165, 1.54) is 4.90 Å². The number of rotatable bonds is 3. The summed E-state index contributed by atoms with van der Waals surface area (Å²) in [6.07, 6.45) is -0.462. The van der Waals surface area contributed by atoms with Crippen molar-refractivity contribution in [1.29, 1.82) is 0 Å².